The lowest BCUT2D eigenvalue weighted by Crippen LogP contribution is -2.41. The van der Waals surface area contributed by atoms with Crippen LogP contribution in [0.5, 0.6) is 0 Å². The molecule has 0 saturated carbocycles. The summed E-state index contributed by atoms with van der Waals surface area (Å²) in [4.78, 5) is 23.8. The third kappa shape index (κ3) is 2.96. The van der Waals surface area contributed by atoms with Crippen LogP contribution in [-0.2, 0) is 7.05 Å². The Hall–Kier alpha value is -1.67. The Labute approximate surface area is 115 Å². The van der Waals surface area contributed by atoms with Gasteiger partial charge in [0.1, 0.15) is 0 Å². The highest BCUT2D eigenvalue weighted by atomic mass is 79.9. The van der Waals surface area contributed by atoms with E-state index >= 15 is 0 Å². The molecule has 0 unspecified atom stereocenters. The lowest BCUT2D eigenvalue weighted by atomic mass is 10.3. The van der Waals surface area contributed by atoms with E-state index in [2.05, 4.69) is 31.9 Å². The van der Waals surface area contributed by atoms with Gasteiger partial charge >= 0.3 is 0 Å². The van der Waals surface area contributed by atoms with E-state index in [1.807, 2.05) is 0 Å². The Morgan fingerprint density at radius 2 is 2.06 bits per heavy atom. The van der Waals surface area contributed by atoms with Crippen molar-refractivity contribution in [1.29, 1.82) is 0 Å². The Morgan fingerprint density at radius 3 is 2.61 bits per heavy atom. The minimum Gasteiger partial charge on any atom is -0.275 e. The van der Waals surface area contributed by atoms with E-state index in [4.69, 9.17) is 0 Å². The number of halogens is 1. The molecule has 0 saturated heterocycles. The summed E-state index contributed by atoms with van der Waals surface area (Å²) in [6, 6.07) is 3.43. The number of hydrogen-bond donors (Lipinski definition) is 2. The van der Waals surface area contributed by atoms with Crippen molar-refractivity contribution in [2.24, 2.45) is 7.05 Å². The zero-order valence-electron chi connectivity index (χ0n) is 9.31. The molecule has 0 atom stereocenters. The lowest BCUT2D eigenvalue weighted by molar-refractivity contribution is 0.0849. The van der Waals surface area contributed by atoms with E-state index in [1.165, 1.54) is 22.2 Å². The van der Waals surface area contributed by atoms with Gasteiger partial charge in [0.2, 0.25) is 0 Å². The SMILES string of the molecule is Cn1cc(C(=O)NNC(=O)c2ccc(Br)s2)cn1. The largest absolute Gasteiger partial charge is 0.279 e. The van der Waals surface area contributed by atoms with Crippen molar-refractivity contribution in [3.05, 3.63) is 38.8 Å². The molecule has 0 fully saturated rings. The number of nitrogens with one attached hydrogen (secondary N) is 2. The van der Waals surface area contributed by atoms with Crippen LogP contribution in [0.2, 0.25) is 0 Å². The highest BCUT2D eigenvalue weighted by Crippen LogP contribution is 2.21. The van der Waals surface area contributed by atoms with E-state index in [1.54, 1.807) is 25.4 Å². The van der Waals surface area contributed by atoms with Crippen molar-refractivity contribution < 1.29 is 9.59 Å². The molecule has 0 aliphatic rings. The van der Waals surface area contributed by atoms with Crippen LogP contribution in [0.15, 0.2) is 28.3 Å². The highest BCUT2D eigenvalue weighted by molar-refractivity contribution is 9.11. The molecular formula is C10H9BrN4O2S. The monoisotopic (exact) mass is 328 g/mol. The minimum absolute atomic E-state index is 0.358. The molecule has 0 radical (unpaired) electrons. The second kappa shape index (κ2) is 5.32. The van der Waals surface area contributed by atoms with Crippen molar-refractivity contribution in [2.45, 2.75) is 0 Å². The highest BCUT2D eigenvalue weighted by Gasteiger charge is 2.11. The van der Waals surface area contributed by atoms with Gasteiger partial charge in [-0.2, -0.15) is 5.10 Å². The first kappa shape index (κ1) is 12.8. The summed E-state index contributed by atoms with van der Waals surface area (Å²) in [5.74, 6) is -0.769. The fraction of sp³-hybridized carbons (Fsp3) is 0.100. The van der Waals surface area contributed by atoms with E-state index in [9.17, 15) is 9.59 Å². The van der Waals surface area contributed by atoms with Crippen LogP contribution in [0, 0.1) is 0 Å². The first-order valence-corrected chi connectivity index (χ1v) is 6.52. The van der Waals surface area contributed by atoms with Crippen LogP contribution in [0.3, 0.4) is 0 Å². The lowest BCUT2D eigenvalue weighted by Gasteiger charge is -2.04. The van der Waals surface area contributed by atoms with Crippen LogP contribution >= 0.6 is 27.3 Å². The predicted octanol–water partition coefficient (Wildman–Crippen LogP) is 1.32. The molecule has 0 bridgehead atoms. The maximum Gasteiger partial charge on any atom is 0.279 e. The molecule has 2 N–H and O–H groups in total. The van der Waals surface area contributed by atoms with Crippen LogP contribution in [-0.4, -0.2) is 21.6 Å². The maximum atomic E-state index is 11.6. The van der Waals surface area contributed by atoms with Gasteiger partial charge in [-0.1, -0.05) is 0 Å². The van der Waals surface area contributed by atoms with Gasteiger partial charge in [0, 0.05) is 13.2 Å². The fourth-order valence-electron chi connectivity index (χ4n) is 1.22. The quantitative estimate of drug-likeness (QED) is 0.816. The van der Waals surface area contributed by atoms with Gasteiger partial charge in [-0.3, -0.25) is 25.1 Å². The molecule has 0 aromatic carbocycles. The summed E-state index contributed by atoms with van der Waals surface area (Å²) in [5.41, 5.74) is 5.03. The Kier molecular flexibility index (Phi) is 3.78. The van der Waals surface area contributed by atoms with Gasteiger partial charge in [0.15, 0.2) is 0 Å². The molecule has 8 heteroatoms. The Bertz CT molecular complexity index is 540. The van der Waals surface area contributed by atoms with E-state index < -0.39 is 5.91 Å². The fourth-order valence-corrected chi connectivity index (χ4v) is 2.50. The minimum atomic E-state index is -0.410. The van der Waals surface area contributed by atoms with Crippen molar-refractivity contribution >= 4 is 39.1 Å². The molecule has 2 aromatic heterocycles. The number of carbonyl (C=O) groups is 2. The van der Waals surface area contributed by atoms with Gasteiger partial charge in [-0.05, 0) is 28.1 Å². The molecule has 2 amide bonds. The second-order valence-electron chi connectivity index (χ2n) is 3.41. The smallest absolute Gasteiger partial charge is 0.275 e. The molecule has 0 aliphatic carbocycles. The summed E-state index contributed by atoms with van der Waals surface area (Å²) in [6.07, 6.45) is 2.98. The number of carbonyl (C=O) groups excluding carboxylic acids is 2. The number of nitrogens with zero attached hydrogens (tertiary/aromatic N) is 2. The summed E-state index contributed by atoms with van der Waals surface area (Å²) in [5, 5.41) is 3.87. The van der Waals surface area contributed by atoms with Crippen LogP contribution in [0.25, 0.3) is 0 Å². The average molecular weight is 329 g/mol. The summed E-state index contributed by atoms with van der Waals surface area (Å²) >= 11 is 4.54. The van der Waals surface area contributed by atoms with Crippen molar-refractivity contribution in [2.75, 3.05) is 0 Å². The molecule has 2 heterocycles. The molecular weight excluding hydrogens is 320 g/mol. The first-order valence-electron chi connectivity index (χ1n) is 4.91. The number of hydrogen-bond acceptors (Lipinski definition) is 4. The average Bonchev–Trinajstić information content (AvgIpc) is 2.94. The van der Waals surface area contributed by atoms with Crippen molar-refractivity contribution in [3.63, 3.8) is 0 Å². The summed E-state index contributed by atoms with van der Waals surface area (Å²) in [7, 11) is 1.71. The second-order valence-corrected chi connectivity index (χ2v) is 5.88. The van der Waals surface area contributed by atoms with E-state index in [0.717, 1.165) is 3.79 Å². The van der Waals surface area contributed by atoms with Crippen molar-refractivity contribution in [3.8, 4) is 0 Å². The van der Waals surface area contributed by atoms with Crippen LogP contribution in [0.1, 0.15) is 20.0 Å². The predicted molar refractivity (Wildman–Crippen MR) is 70.2 cm³/mol. The van der Waals surface area contributed by atoms with Crippen LogP contribution < -0.4 is 10.9 Å². The molecule has 2 rings (SSSR count). The molecule has 18 heavy (non-hydrogen) atoms. The molecule has 6 nitrogen and oxygen atoms in total. The molecule has 94 valence electrons. The van der Waals surface area contributed by atoms with Gasteiger partial charge in [-0.15, -0.1) is 11.3 Å². The molecule has 2 aromatic rings. The number of amides is 2. The normalized spacial score (nSPS) is 10.1. The molecule has 0 spiro atoms. The van der Waals surface area contributed by atoms with E-state index in [0.29, 0.717) is 10.4 Å². The number of rotatable bonds is 2. The number of hydrazine groups is 1. The zero-order valence-corrected chi connectivity index (χ0v) is 11.7. The van der Waals surface area contributed by atoms with Gasteiger partial charge in [0.05, 0.1) is 20.4 Å². The van der Waals surface area contributed by atoms with Gasteiger partial charge < -0.3 is 0 Å². The Balaban J connectivity index is 1.92. The number of aryl methyl sites for hydroxylation is 1. The number of aromatic nitrogens is 2. The van der Waals surface area contributed by atoms with E-state index in [-0.39, 0.29) is 5.91 Å². The molecule has 0 aliphatic heterocycles. The van der Waals surface area contributed by atoms with Gasteiger partial charge in [-0.25, -0.2) is 0 Å². The van der Waals surface area contributed by atoms with Crippen LogP contribution in [0.4, 0.5) is 0 Å². The third-order valence-corrected chi connectivity index (χ3v) is 3.68. The first-order chi connectivity index (χ1) is 8.56. The maximum absolute atomic E-state index is 11.6. The summed E-state index contributed by atoms with van der Waals surface area (Å²) in [6.45, 7) is 0. The number of thiophene rings is 1. The van der Waals surface area contributed by atoms with Gasteiger partial charge in [0.25, 0.3) is 11.8 Å². The standard InChI is InChI=1S/C10H9BrN4O2S/c1-15-5-6(4-12-15)9(16)13-14-10(17)7-2-3-8(11)18-7/h2-5H,1H3,(H,13,16)(H,14,17). The Morgan fingerprint density at radius 1 is 1.33 bits per heavy atom. The topological polar surface area (TPSA) is 76.0 Å². The third-order valence-electron chi connectivity index (χ3n) is 2.05. The zero-order chi connectivity index (χ0) is 13.1. The summed E-state index contributed by atoms with van der Waals surface area (Å²) < 4.78 is 2.36. The van der Waals surface area contributed by atoms with Crippen molar-refractivity contribution in [1.82, 2.24) is 20.6 Å².